The number of benzene rings is 3. The highest BCUT2D eigenvalue weighted by molar-refractivity contribution is 5.90. The molecule has 1 N–H and O–H groups in total. The Morgan fingerprint density at radius 2 is 1.68 bits per heavy atom. The maximum absolute atomic E-state index is 15.3. The third kappa shape index (κ3) is 4.77. The van der Waals surface area contributed by atoms with Crippen LogP contribution in [0, 0.1) is 5.82 Å². The van der Waals surface area contributed by atoms with Crippen molar-refractivity contribution in [3.63, 3.8) is 0 Å². The van der Waals surface area contributed by atoms with Crippen LogP contribution in [0.15, 0.2) is 79.0 Å². The molecule has 1 aliphatic carbocycles. The van der Waals surface area contributed by atoms with Crippen molar-refractivity contribution in [2.24, 2.45) is 7.05 Å². The summed E-state index contributed by atoms with van der Waals surface area (Å²) >= 11 is 0. The minimum absolute atomic E-state index is 0.236. The summed E-state index contributed by atoms with van der Waals surface area (Å²) in [5.74, 6) is -0.260. The Morgan fingerprint density at radius 3 is 2.32 bits per heavy atom. The van der Waals surface area contributed by atoms with Crippen LogP contribution in [0.5, 0.6) is 0 Å². The lowest BCUT2D eigenvalue weighted by molar-refractivity contribution is -0.143. The number of hydrogen-bond donors (Lipinski definition) is 1. The van der Waals surface area contributed by atoms with E-state index in [0.717, 1.165) is 24.0 Å². The Balaban J connectivity index is 1.34. The van der Waals surface area contributed by atoms with Crippen molar-refractivity contribution in [2.45, 2.75) is 31.3 Å². The zero-order valence-corrected chi connectivity index (χ0v) is 21.4. The van der Waals surface area contributed by atoms with E-state index in [4.69, 9.17) is 9.47 Å². The number of halogens is 1. The second kappa shape index (κ2) is 10.1. The predicted octanol–water partition coefficient (Wildman–Crippen LogP) is 6.41. The minimum atomic E-state index is -0.635. The highest BCUT2D eigenvalue weighted by Gasteiger charge is 2.52. The van der Waals surface area contributed by atoms with E-state index in [1.165, 1.54) is 17.9 Å². The number of nitrogens with one attached hydrogen (secondary N) is 1. The smallest absolute Gasteiger partial charge is 0.413 e. The summed E-state index contributed by atoms with van der Waals surface area (Å²) in [5, 5.41) is 6.98. The number of methoxy groups -OCH3 is 1. The molecule has 1 amide bonds. The molecule has 7 nitrogen and oxygen atoms in total. The van der Waals surface area contributed by atoms with Crippen LogP contribution in [-0.2, 0) is 26.7 Å². The molecule has 0 saturated heterocycles. The fourth-order valence-electron chi connectivity index (χ4n) is 4.69. The number of ether oxygens (including phenoxy) is 2. The number of esters is 1. The lowest BCUT2D eigenvalue weighted by atomic mass is 9.93. The number of amides is 1. The second-order valence-electron chi connectivity index (χ2n) is 9.46. The van der Waals surface area contributed by atoms with Gasteiger partial charge in [0, 0.05) is 18.2 Å². The molecule has 1 fully saturated rings. The Morgan fingerprint density at radius 1 is 1.00 bits per heavy atom. The summed E-state index contributed by atoms with van der Waals surface area (Å²) < 4.78 is 27.3. The van der Waals surface area contributed by atoms with E-state index in [9.17, 15) is 9.59 Å². The molecule has 0 aliphatic heterocycles. The molecule has 194 valence electrons. The number of hydrogen-bond acceptors (Lipinski definition) is 5. The topological polar surface area (TPSA) is 82.5 Å². The summed E-state index contributed by atoms with van der Waals surface area (Å²) in [6.45, 7) is 1.79. The van der Waals surface area contributed by atoms with E-state index in [0.29, 0.717) is 28.1 Å². The summed E-state index contributed by atoms with van der Waals surface area (Å²) in [6.07, 6.45) is 1.99. The average Bonchev–Trinajstić information content (AvgIpc) is 3.67. The molecule has 1 aromatic heterocycles. The third-order valence-electron chi connectivity index (χ3n) is 7.07. The second-order valence-corrected chi connectivity index (χ2v) is 9.46. The summed E-state index contributed by atoms with van der Waals surface area (Å²) in [5.41, 5.74) is 3.43. The molecule has 1 saturated carbocycles. The van der Waals surface area contributed by atoms with E-state index in [1.54, 1.807) is 32.3 Å². The van der Waals surface area contributed by atoms with Gasteiger partial charge in [-0.05, 0) is 48.1 Å². The Bertz CT molecular complexity index is 1480. The molecule has 1 unspecified atom stereocenters. The quantitative estimate of drug-likeness (QED) is 0.289. The molecule has 0 radical (unpaired) electrons. The molecular formula is C30H28FN3O4. The van der Waals surface area contributed by atoms with Crippen LogP contribution < -0.4 is 5.32 Å². The molecule has 0 spiro atoms. The highest BCUT2D eigenvalue weighted by atomic mass is 19.1. The standard InChI is InChI=1S/C30H28FN3O4/c1-19(20-7-5-4-6-8-20)38-29(36)33-27-25(18-32-34(27)2)22-11-14-24(26(31)17-22)21-9-12-23(13-10-21)30(15-16-30)28(35)37-3/h4-14,17-19H,15-16H2,1-3H3,(H,33,36). The van der Waals surface area contributed by atoms with E-state index in [1.807, 2.05) is 54.6 Å². The fraction of sp³-hybridized carbons (Fsp3) is 0.233. The maximum atomic E-state index is 15.3. The van der Waals surface area contributed by atoms with Crippen LogP contribution in [0.2, 0.25) is 0 Å². The van der Waals surface area contributed by atoms with Crippen molar-refractivity contribution in [2.75, 3.05) is 12.4 Å². The van der Waals surface area contributed by atoms with Crippen molar-refractivity contribution in [3.8, 4) is 22.3 Å². The number of aromatic nitrogens is 2. The number of carbonyl (C=O) groups is 2. The van der Waals surface area contributed by atoms with E-state index >= 15 is 4.39 Å². The first-order valence-corrected chi connectivity index (χ1v) is 12.4. The molecule has 1 atom stereocenters. The first-order chi connectivity index (χ1) is 18.3. The lowest BCUT2D eigenvalue weighted by Gasteiger charge is -2.15. The van der Waals surface area contributed by atoms with Crippen LogP contribution in [0.4, 0.5) is 15.0 Å². The minimum Gasteiger partial charge on any atom is -0.468 e. The van der Waals surface area contributed by atoms with Crippen molar-refractivity contribution < 1.29 is 23.5 Å². The van der Waals surface area contributed by atoms with Gasteiger partial charge in [-0.1, -0.05) is 66.7 Å². The van der Waals surface area contributed by atoms with Gasteiger partial charge in [-0.15, -0.1) is 0 Å². The summed E-state index contributed by atoms with van der Waals surface area (Å²) in [7, 11) is 3.08. The molecule has 38 heavy (non-hydrogen) atoms. The molecule has 1 aliphatic rings. The van der Waals surface area contributed by atoms with Gasteiger partial charge < -0.3 is 9.47 Å². The van der Waals surface area contributed by atoms with Gasteiger partial charge in [0.1, 0.15) is 17.7 Å². The monoisotopic (exact) mass is 513 g/mol. The van der Waals surface area contributed by atoms with Gasteiger partial charge >= 0.3 is 12.1 Å². The van der Waals surface area contributed by atoms with Crippen molar-refractivity contribution in [1.29, 1.82) is 0 Å². The normalized spacial score (nSPS) is 14.4. The molecular weight excluding hydrogens is 485 g/mol. The van der Waals surface area contributed by atoms with Gasteiger partial charge in [0.15, 0.2) is 0 Å². The number of anilines is 1. The van der Waals surface area contributed by atoms with Crippen LogP contribution in [0.3, 0.4) is 0 Å². The zero-order chi connectivity index (χ0) is 26.9. The predicted molar refractivity (Wildman–Crippen MR) is 142 cm³/mol. The summed E-state index contributed by atoms with van der Waals surface area (Å²) in [4.78, 5) is 24.8. The highest BCUT2D eigenvalue weighted by Crippen LogP contribution is 2.49. The van der Waals surface area contributed by atoms with Gasteiger partial charge in [-0.25, -0.2) is 9.18 Å². The van der Waals surface area contributed by atoms with Gasteiger partial charge in [-0.2, -0.15) is 5.10 Å². The van der Waals surface area contributed by atoms with Gasteiger partial charge in [0.2, 0.25) is 0 Å². The van der Waals surface area contributed by atoms with E-state index < -0.39 is 23.4 Å². The van der Waals surface area contributed by atoms with E-state index in [2.05, 4.69) is 10.4 Å². The average molecular weight is 514 g/mol. The molecule has 8 heteroatoms. The van der Waals surface area contributed by atoms with Gasteiger partial charge in [0.25, 0.3) is 0 Å². The SMILES string of the molecule is COC(=O)C1(c2ccc(-c3ccc(-c4cnn(C)c4NC(=O)OC(C)c4ccccc4)cc3F)cc2)CC1. The first-order valence-electron chi connectivity index (χ1n) is 12.4. The maximum Gasteiger partial charge on any atom is 0.413 e. The Kier molecular flexibility index (Phi) is 6.72. The Labute approximate surface area is 220 Å². The van der Waals surface area contributed by atoms with Gasteiger partial charge in [-0.3, -0.25) is 14.8 Å². The Hall–Kier alpha value is -4.46. The molecule has 4 aromatic rings. The number of nitrogens with zero attached hydrogens (tertiary/aromatic N) is 2. The number of carbonyl (C=O) groups excluding carboxylic acids is 2. The van der Waals surface area contributed by atoms with Crippen LogP contribution in [-0.4, -0.2) is 29.0 Å². The van der Waals surface area contributed by atoms with Crippen molar-refractivity contribution >= 4 is 17.9 Å². The molecule has 0 bridgehead atoms. The molecule has 3 aromatic carbocycles. The number of aryl methyl sites for hydroxylation is 1. The number of rotatable bonds is 7. The fourth-order valence-corrected chi connectivity index (χ4v) is 4.69. The zero-order valence-electron chi connectivity index (χ0n) is 21.4. The largest absolute Gasteiger partial charge is 0.468 e. The molecule has 1 heterocycles. The van der Waals surface area contributed by atoms with Crippen LogP contribution in [0.1, 0.15) is 37.0 Å². The van der Waals surface area contributed by atoms with Crippen molar-refractivity contribution in [3.05, 3.63) is 95.9 Å². The first kappa shape index (κ1) is 25.2. The molecule has 5 rings (SSSR count). The van der Waals surface area contributed by atoms with Crippen LogP contribution in [0.25, 0.3) is 22.3 Å². The lowest BCUT2D eigenvalue weighted by Crippen LogP contribution is -2.21. The summed E-state index contributed by atoms with van der Waals surface area (Å²) in [6, 6.07) is 21.7. The van der Waals surface area contributed by atoms with E-state index in [-0.39, 0.29) is 5.97 Å². The van der Waals surface area contributed by atoms with Crippen LogP contribution >= 0.6 is 0 Å². The third-order valence-corrected chi connectivity index (χ3v) is 7.07. The van der Waals surface area contributed by atoms with Gasteiger partial charge in [0.05, 0.1) is 18.7 Å². The van der Waals surface area contributed by atoms with Crippen molar-refractivity contribution in [1.82, 2.24) is 9.78 Å².